The minimum absolute atomic E-state index is 0.0530. The van der Waals surface area contributed by atoms with E-state index in [1.54, 1.807) is 7.05 Å². The van der Waals surface area contributed by atoms with E-state index in [0.29, 0.717) is 23.9 Å². The first-order valence-electron chi connectivity index (χ1n) is 5.99. The van der Waals surface area contributed by atoms with Gasteiger partial charge >= 0.3 is 0 Å². The van der Waals surface area contributed by atoms with Gasteiger partial charge in [-0.15, -0.1) is 0 Å². The van der Waals surface area contributed by atoms with Crippen LogP contribution in [0, 0.1) is 6.92 Å². The SMILES string of the molecule is CNc1nc(C)cc(NC2CCCS(=O)(=O)C2)n1. The quantitative estimate of drug-likeness (QED) is 0.846. The largest absolute Gasteiger partial charge is 0.366 e. The number of anilines is 2. The third-order valence-electron chi connectivity index (χ3n) is 2.89. The van der Waals surface area contributed by atoms with E-state index in [4.69, 9.17) is 0 Å². The van der Waals surface area contributed by atoms with Gasteiger partial charge in [0.05, 0.1) is 11.5 Å². The molecule has 1 aromatic heterocycles. The Hall–Kier alpha value is -1.37. The molecular formula is C11H18N4O2S. The van der Waals surface area contributed by atoms with E-state index in [-0.39, 0.29) is 11.8 Å². The molecule has 0 aliphatic carbocycles. The van der Waals surface area contributed by atoms with Crippen LogP contribution in [0.3, 0.4) is 0 Å². The lowest BCUT2D eigenvalue weighted by atomic mass is 10.2. The maximum atomic E-state index is 11.6. The van der Waals surface area contributed by atoms with Crippen molar-refractivity contribution >= 4 is 21.6 Å². The molecule has 1 aromatic rings. The first-order chi connectivity index (χ1) is 8.48. The molecule has 0 aromatic carbocycles. The van der Waals surface area contributed by atoms with E-state index in [1.165, 1.54) is 0 Å². The third kappa shape index (κ3) is 3.32. The monoisotopic (exact) mass is 270 g/mol. The number of rotatable bonds is 3. The molecule has 1 saturated heterocycles. The Bertz CT molecular complexity index is 530. The lowest BCUT2D eigenvalue weighted by molar-refractivity contribution is 0.561. The Labute approximate surface area is 107 Å². The normalized spacial score (nSPS) is 22.4. The Morgan fingerprint density at radius 1 is 1.39 bits per heavy atom. The van der Waals surface area contributed by atoms with Crippen molar-refractivity contribution in [3.8, 4) is 0 Å². The van der Waals surface area contributed by atoms with Crippen molar-refractivity contribution in [3.05, 3.63) is 11.8 Å². The van der Waals surface area contributed by atoms with Gasteiger partial charge in [0.15, 0.2) is 9.84 Å². The van der Waals surface area contributed by atoms with Gasteiger partial charge in [-0.25, -0.2) is 13.4 Å². The number of hydrogen-bond acceptors (Lipinski definition) is 6. The highest BCUT2D eigenvalue weighted by atomic mass is 32.2. The molecule has 1 atom stereocenters. The highest BCUT2D eigenvalue weighted by Crippen LogP contribution is 2.17. The van der Waals surface area contributed by atoms with E-state index in [9.17, 15) is 8.42 Å². The van der Waals surface area contributed by atoms with Crippen LogP contribution in [0.5, 0.6) is 0 Å². The van der Waals surface area contributed by atoms with Gasteiger partial charge < -0.3 is 10.6 Å². The standard InChI is InChI=1S/C11H18N4O2S/c1-8-6-10(15-11(12-2)13-8)14-9-4-3-5-18(16,17)7-9/h6,9H,3-5,7H2,1-2H3,(H2,12,13,14,15). The molecule has 0 radical (unpaired) electrons. The van der Waals surface area contributed by atoms with Crippen LogP contribution < -0.4 is 10.6 Å². The summed E-state index contributed by atoms with van der Waals surface area (Å²) in [5.74, 6) is 1.70. The molecule has 100 valence electrons. The van der Waals surface area contributed by atoms with E-state index in [1.807, 2.05) is 13.0 Å². The van der Waals surface area contributed by atoms with Crippen molar-refractivity contribution in [3.63, 3.8) is 0 Å². The molecule has 6 nitrogen and oxygen atoms in total. The van der Waals surface area contributed by atoms with Crippen molar-refractivity contribution in [1.29, 1.82) is 0 Å². The number of sulfone groups is 1. The molecule has 2 heterocycles. The van der Waals surface area contributed by atoms with Gasteiger partial charge in [-0.05, 0) is 19.8 Å². The minimum Gasteiger partial charge on any atom is -0.366 e. The summed E-state index contributed by atoms with van der Waals surface area (Å²) in [6, 6.07) is 1.77. The van der Waals surface area contributed by atoms with Crippen LogP contribution in [0.2, 0.25) is 0 Å². The molecule has 0 amide bonds. The molecule has 7 heteroatoms. The lowest BCUT2D eigenvalue weighted by Crippen LogP contribution is -2.35. The zero-order chi connectivity index (χ0) is 13.2. The minimum atomic E-state index is -2.90. The van der Waals surface area contributed by atoms with Crippen molar-refractivity contribution in [2.45, 2.75) is 25.8 Å². The zero-order valence-corrected chi connectivity index (χ0v) is 11.4. The fourth-order valence-corrected chi connectivity index (χ4v) is 3.74. The van der Waals surface area contributed by atoms with Gasteiger partial charge in [0, 0.05) is 24.8 Å². The molecule has 0 spiro atoms. The van der Waals surface area contributed by atoms with Crippen molar-refractivity contribution in [2.24, 2.45) is 0 Å². The van der Waals surface area contributed by atoms with E-state index < -0.39 is 9.84 Å². The van der Waals surface area contributed by atoms with Crippen LogP contribution in [0.1, 0.15) is 18.5 Å². The van der Waals surface area contributed by atoms with Crippen molar-refractivity contribution < 1.29 is 8.42 Å². The predicted octanol–water partition coefficient (Wildman–Crippen LogP) is 0.816. The summed E-state index contributed by atoms with van der Waals surface area (Å²) in [7, 11) is -1.15. The van der Waals surface area contributed by atoms with Gasteiger partial charge in [-0.3, -0.25) is 0 Å². The topological polar surface area (TPSA) is 84.0 Å². The number of nitrogens with zero attached hydrogens (tertiary/aromatic N) is 2. The second-order valence-corrected chi connectivity index (χ2v) is 6.79. The Morgan fingerprint density at radius 3 is 2.83 bits per heavy atom. The summed E-state index contributed by atoms with van der Waals surface area (Å²) in [4.78, 5) is 8.46. The van der Waals surface area contributed by atoms with E-state index >= 15 is 0 Å². The molecule has 1 aliphatic heterocycles. The molecule has 1 aliphatic rings. The van der Waals surface area contributed by atoms with Crippen LogP contribution in [0.25, 0.3) is 0 Å². The third-order valence-corrected chi connectivity index (χ3v) is 4.71. The first-order valence-corrected chi connectivity index (χ1v) is 7.81. The first kappa shape index (κ1) is 13.1. The fraction of sp³-hybridized carbons (Fsp3) is 0.636. The van der Waals surface area contributed by atoms with Gasteiger partial charge in [0.1, 0.15) is 5.82 Å². The number of aryl methyl sites for hydroxylation is 1. The van der Waals surface area contributed by atoms with E-state index in [2.05, 4.69) is 20.6 Å². The molecule has 1 unspecified atom stereocenters. The highest BCUT2D eigenvalue weighted by Gasteiger charge is 2.24. The van der Waals surface area contributed by atoms with Crippen molar-refractivity contribution in [1.82, 2.24) is 9.97 Å². The molecule has 18 heavy (non-hydrogen) atoms. The number of aromatic nitrogens is 2. The average Bonchev–Trinajstić information content (AvgIpc) is 2.26. The van der Waals surface area contributed by atoms with Gasteiger partial charge in [0.25, 0.3) is 0 Å². The van der Waals surface area contributed by atoms with Gasteiger partial charge in [0.2, 0.25) is 5.95 Å². The van der Waals surface area contributed by atoms with E-state index in [0.717, 1.165) is 12.1 Å². The fourth-order valence-electron chi connectivity index (χ4n) is 2.10. The summed E-state index contributed by atoms with van der Waals surface area (Å²) in [6.45, 7) is 1.88. The molecule has 0 bridgehead atoms. The summed E-state index contributed by atoms with van der Waals surface area (Å²) in [6.07, 6.45) is 1.57. The number of hydrogen-bond donors (Lipinski definition) is 2. The summed E-state index contributed by atoms with van der Waals surface area (Å²) < 4.78 is 23.1. The maximum Gasteiger partial charge on any atom is 0.224 e. The lowest BCUT2D eigenvalue weighted by Gasteiger charge is -2.23. The number of nitrogens with one attached hydrogen (secondary N) is 2. The van der Waals surface area contributed by atoms with Crippen LogP contribution >= 0.6 is 0 Å². The molecule has 2 rings (SSSR count). The molecule has 0 saturated carbocycles. The predicted molar refractivity (Wildman–Crippen MR) is 71.6 cm³/mol. The van der Waals surface area contributed by atoms with Crippen molar-refractivity contribution in [2.75, 3.05) is 29.2 Å². The second-order valence-electron chi connectivity index (χ2n) is 4.57. The molecule has 1 fully saturated rings. The van der Waals surface area contributed by atoms with Crippen LogP contribution in [0.15, 0.2) is 6.07 Å². The Balaban J connectivity index is 2.11. The summed E-state index contributed by atoms with van der Waals surface area (Å²) in [5.41, 5.74) is 0.843. The summed E-state index contributed by atoms with van der Waals surface area (Å²) in [5, 5.41) is 6.06. The van der Waals surface area contributed by atoms with Gasteiger partial charge in [-0.2, -0.15) is 4.98 Å². The maximum absolute atomic E-state index is 11.6. The van der Waals surface area contributed by atoms with Crippen LogP contribution in [-0.4, -0.2) is 43.0 Å². The average molecular weight is 270 g/mol. The zero-order valence-electron chi connectivity index (χ0n) is 10.6. The molecule has 2 N–H and O–H groups in total. The highest BCUT2D eigenvalue weighted by molar-refractivity contribution is 7.91. The van der Waals surface area contributed by atoms with Crippen LogP contribution in [0.4, 0.5) is 11.8 Å². The Kier molecular flexibility index (Phi) is 3.70. The van der Waals surface area contributed by atoms with Gasteiger partial charge in [-0.1, -0.05) is 0 Å². The second kappa shape index (κ2) is 5.09. The summed E-state index contributed by atoms with van der Waals surface area (Å²) >= 11 is 0. The van der Waals surface area contributed by atoms with Crippen LogP contribution in [-0.2, 0) is 9.84 Å². The smallest absolute Gasteiger partial charge is 0.224 e. The Morgan fingerprint density at radius 2 is 2.17 bits per heavy atom. The molecular weight excluding hydrogens is 252 g/mol.